The molecule has 0 bridgehead atoms. The molecule has 14 nitrogen and oxygen atoms in total. The summed E-state index contributed by atoms with van der Waals surface area (Å²) >= 11 is 12.5. The fourth-order valence-electron chi connectivity index (χ4n) is 6.79. The minimum atomic E-state index is -0.724. The van der Waals surface area contributed by atoms with Crippen LogP contribution in [0.3, 0.4) is 0 Å². The van der Waals surface area contributed by atoms with Gasteiger partial charge in [0.2, 0.25) is 11.6 Å². The Morgan fingerprint density at radius 1 is 0.623 bits per heavy atom. The molecule has 4 N–H and O–H groups in total. The summed E-state index contributed by atoms with van der Waals surface area (Å²) in [4.78, 5) is 66.5. The van der Waals surface area contributed by atoms with Crippen LogP contribution in [-0.4, -0.2) is 46.8 Å². The average Bonchev–Trinajstić information content (AvgIpc) is 3.26. The summed E-state index contributed by atoms with van der Waals surface area (Å²) in [5.74, 6) is -2.61. The number of Topliss-reactive ketones (excluding diaryl/α,β-unsaturated/α-hetero) is 2. The van der Waals surface area contributed by atoms with E-state index in [4.69, 9.17) is 27.9 Å². The van der Waals surface area contributed by atoms with Crippen LogP contribution in [0.1, 0.15) is 22.3 Å². The zero-order valence-electron chi connectivity index (χ0n) is 31.7. The number of benzene rings is 6. The maximum Gasteiger partial charge on any atom is 0.273 e. The third-order valence-electron chi connectivity index (χ3n) is 9.78. The second-order valence-electron chi connectivity index (χ2n) is 13.5. The van der Waals surface area contributed by atoms with Crippen molar-refractivity contribution < 1.29 is 28.8 Å². The van der Waals surface area contributed by atoms with Gasteiger partial charge >= 0.3 is 0 Å². The second kappa shape index (κ2) is 16.7. The highest BCUT2D eigenvalue weighted by atomic mass is 35.5. The summed E-state index contributed by atoms with van der Waals surface area (Å²) in [5.41, 5.74) is 8.33. The van der Waals surface area contributed by atoms with Gasteiger partial charge in [-0.3, -0.25) is 40.1 Å². The minimum absolute atomic E-state index is 0.00791. The Labute approximate surface area is 356 Å². The monoisotopic (exact) mass is 849 g/mol. The topological polar surface area (TPSA) is 193 Å². The van der Waals surface area contributed by atoms with E-state index < -0.39 is 28.3 Å². The van der Waals surface area contributed by atoms with Crippen molar-refractivity contribution in [1.82, 2.24) is 0 Å². The van der Waals surface area contributed by atoms with Crippen LogP contribution >= 0.6 is 23.2 Å². The van der Waals surface area contributed by atoms with E-state index in [-0.39, 0.29) is 44.7 Å². The number of nitro benzene ring substituents is 1. The van der Waals surface area contributed by atoms with Gasteiger partial charge in [0.25, 0.3) is 17.5 Å². The highest BCUT2D eigenvalue weighted by Gasteiger charge is 2.32. The lowest BCUT2D eigenvalue weighted by Gasteiger charge is -2.19. The molecule has 0 aromatic heterocycles. The van der Waals surface area contributed by atoms with Crippen LogP contribution in [0.5, 0.6) is 5.75 Å². The number of hydrogen-bond donors (Lipinski definition) is 4. The summed E-state index contributed by atoms with van der Waals surface area (Å²) in [7, 11) is 1.34. The van der Waals surface area contributed by atoms with Crippen LogP contribution in [0.25, 0.3) is 22.9 Å². The largest absolute Gasteiger partial charge is 0.494 e. The molecule has 0 atom stereocenters. The highest BCUT2D eigenvalue weighted by Crippen LogP contribution is 2.34. The number of hydrazone groups is 2. The third kappa shape index (κ3) is 7.83. The number of rotatable bonds is 10. The van der Waals surface area contributed by atoms with Crippen molar-refractivity contribution in [3.05, 3.63) is 175 Å². The van der Waals surface area contributed by atoms with Gasteiger partial charge in [0.1, 0.15) is 11.4 Å². The summed E-state index contributed by atoms with van der Waals surface area (Å²) in [6.45, 7) is 0. The fraction of sp³-hybridized carbons (Fsp3) is 0.0222. The Morgan fingerprint density at radius 2 is 1.11 bits per heavy atom. The Balaban J connectivity index is 1.05. The summed E-state index contributed by atoms with van der Waals surface area (Å²) in [5, 5.41) is 27.2. The Hall–Kier alpha value is -7.94. The number of carbonyl (C=O) groups excluding carboxylic acids is 4. The van der Waals surface area contributed by atoms with Crippen LogP contribution in [0.15, 0.2) is 143 Å². The molecule has 2 aliphatic rings. The Morgan fingerprint density at radius 3 is 1.64 bits per heavy atom. The van der Waals surface area contributed by atoms with E-state index in [0.29, 0.717) is 55.1 Å². The molecular formula is C45H29Cl2N7O7. The first kappa shape index (κ1) is 39.9. The number of ketones is 2. The highest BCUT2D eigenvalue weighted by molar-refractivity contribution is 6.60. The van der Waals surface area contributed by atoms with E-state index in [0.717, 1.165) is 0 Å². The quantitative estimate of drug-likeness (QED) is 0.0592. The molecule has 6 aromatic carbocycles. The van der Waals surface area contributed by atoms with E-state index in [1.807, 2.05) is 0 Å². The number of amides is 2. The molecule has 0 unspecified atom stereocenters. The standard InChI is InChI=1S/C45H29Cl2N7O7/c1-61-38-23-26(54(59)60)19-20-36(38)50-52-40-27-11-4-2-9-24(27)21-31(42(40)55)44(57)48-34-16-6-14-30-29(34)13-7-17-35(30)49-45(58)32-22-25-10-3-5-12-28(25)41(43(32)56)53-51-37-18-8-15-33(46)39(37)47/h2-23,50-51H,1H3,(H,48,57)(H,49,58)/b52-40+,53-41+. The molecule has 61 heavy (non-hydrogen) atoms. The number of nitrogens with one attached hydrogen (secondary N) is 4. The van der Waals surface area contributed by atoms with Crippen molar-refractivity contribution in [2.45, 2.75) is 0 Å². The van der Waals surface area contributed by atoms with Gasteiger partial charge in [0, 0.05) is 39.3 Å². The third-order valence-corrected chi connectivity index (χ3v) is 10.6. The van der Waals surface area contributed by atoms with E-state index in [1.165, 1.54) is 37.5 Å². The van der Waals surface area contributed by atoms with Gasteiger partial charge < -0.3 is 15.4 Å². The molecule has 300 valence electrons. The van der Waals surface area contributed by atoms with Gasteiger partial charge in [0.05, 0.1) is 50.7 Å². The van der Waals surface area contributed by atoms with Crippen LogP contribution in [0.4, 0.5) is 28.4 Å². The second-order valence-corrected chi connectivity index (χ2v) is 14.2. The smallest absolute Gasteiger partial charge is 0.273 e. The minimum Gasteiger partial charge on any atom is -0.494 e. The number of carbonyl (C=O) groups is 4. The molecule has 6 aromatic rings. The van der Waals surface area contributed by atoms with Gasteiger partial charge in [-0.25, -0.2) is 0 Å². The zero-order chi connectivity index (χ0) is 42.8. The van der Waals surface area contributed by atoms with E-state index in [1.54, 1.807) is 103 Å². The summed E-state index contributed by atoms with van der Waals surface area (Å²) < 4.78 is 5.29. The van der Waals surface area contributed by atoms with Crippen LogP contribution < -0.4 is 26.2 Å². The number of halogens is 2. The number of methoxy groups -OCH3 is 1. The molecular weight excluding hydrogens is 821 g/mol. The van der Waals surface area contributed by atoms with Gasteiger partial charge in [0.15, 0.2) is 5.75 Å². The number of nitro groups is 1. The lowest BCUT2D eigenvalue weighted by Crippen LogP contribution is -2.30. The lowest BCUT2D eigenvalue weighted by atomic mass is 9.89. The molecule has 0 radical (unpaired) electrons. The van der Waals surface area contributed by atoms with Crippen molar-refractivity contribution in [2.24, 2.45) is 10.2 Å². The molecule has 2 amide bonds. The number of fused-ring (bicyclic) bond motifs is 3. The molecule has 0 aliphatic heterocycles. The molecule has 0 spiro atoms. The number of nitrogens with zero attached hydrogens (tertiary/aromatic N) is 3. The van der Waals surface area contributed by atoms with E-state index in [2.05, 4.69) is 31.7 Å². The fourth-order valence-corrected chi connectivity index (χ4v) is 7.14. The first-order valence-electron chi connectivity index (χ1n) is 18.3. The van der Waals surface area contributed by atoms with Crippen molar-refractivity contribution in [2.75, 3.05) is 28.6 Å². The SMILES string of the molecule is COc1cc([N+](=O)[O-])ccc1N/N=C1/C(=O)C(C(=O)Nc2cccc3c(NC(=O)C4=Cc5ccccc5/C(=N\Nc5cccc(Cl)c5Cl)C4=O)cccc23)=Cc2ccccc21. The molecule has 0 heterocycles. The molecule has 8 rings (SSSR count). The van der Waals surface area contributed by atoms with Crippen molar-refractivity contribution in [3.63, 3.8) is 0 Å². The van der Waals surface area contributed by atoms with Crippen molar-refractivity contribution in [3.8, 4) is 5.75 Å². The van der Waals surface area contributed by atoms with Crippen LogP contribution in [0, 0.1) is 10.1 Å². The van der Waals surface area contributed by atoms with E-state index >= 15 is 0 Å². The van der Waals surface area contributed by atoms with Gasteiger partial charge in [-0.2, -0.15) is 10.2 Å². The number of anilines is 4. The maximum atomic E-state index is 14.0. The first-order chi connectivity index (χ1) is 29.5. The van der Waals surface area contributed by atoms with Crippen molar-refractivity contribution >= 4 is 109 Å². The predicted octanol–water partition coefficient (Wildman–Crippen LogP) is 8.91. The summed E-state index contributed by atoms with van der Waals surface area (Å²) in [6.07, 6.45) is 2.97. The molecule has 0 saturated carbocycles. The lowest BCUT2D eigenvalue weighted by molar-refractivity contribution is -0.384. The number of ether oxygens (including phenoxy) is 1. The summed E-state index contributed by atoms with van der Waals surface area (Å²) in [6, 6.07) is 32.9. The first-order valence-corrected chi connectivity index (χ1v) is 19.1. The number of non-ortho nitro benzene ring substituents is 1. The predicted molar refractivity (Wildman–Crippen MR) is 236 cm³/mol. The van der Waals surface area contributed by atoms with Crippen LogP contribution in [-0.2, 0) is 19.2 Å². The maximum absolute atomic E-state index is 14.0. The van der Waals surface area contributed by atoms with Gasteiger partial charge in [-0.1, -0.05) is 102 Å². The van der Waals surface area contributed by atoms with Crippen LogP contribution in [0.2, 0.25) is 10.0 Å². The van der Waals surface area contributed by atoms with Crippen molar-refractivity contribution in [1.29, 1.82) is 0 Å². The Kier molecular flexibility index (Phi) is 10.9. The van der Waals surface area contributed by atoms with Gasteiger partial charge in [-0.05, 0) is 53.6 Å². The molecule has 2 aliphatic carbocycles. The van der Waals surface area contributed by atoms with Gasteiger partial charge in [-0.15, -0.1) is 0 Å². The molecule has 0 fully saturated rings. The molecule has 0 saturated heterocycles. The Bertz CT molecular complexity index is 3010. The normalized spacial score (nSPS) is 14.4. The number of hydrogen-bond acceptors (Lipinski definition) is 11. The zero-order valence-corrected chi connectivity index (χ0v) is 33.2. The van der Waals surface area contributed by atoms with E-state index in [9.17, 15) is 29.3 Å². The molecule has 16 heteroatoms. The average molecular weight is 851 g/mol.